The molecule has 0 saturated heterocycles. The summed E-state index contributed by atoms with van der Waals surface area (Å²) in [6.07, 6.45) is 4.61. The van der Waals surface area contributed by atoms with Gasteiger partial charge >= 0.3 is 6.09 Å². The van der Waals surface area contributed by atoms with Crippen LogP contribution in [0.2, 0.25) is 0 Å². The fourth-order valence-electron chi connectivity index (χ4n) is 3.93. The van der Waals surface area contributed by atoms with Crippen molar-refractivity contribution in [2.24, 2.45) is 11.7 Å². The molecule has 1 saturated carbocycles. The Balaban J connectivity index is 1.98. The molecule has 0 radical (unpaired) electrons. The monoisotopic (exact) mass is 319 g/mol. The minimum absolute atomic E-state index is 0.0911. The van der Waals surface area contributed by atoms with Crippen molar-refractivity contribution in [3.63, 3.8) is 0 Å². The largest absolute Gasteiger partial charge is 0.507 e. The van der Waals surface area contributed by atoms with Crippen LogP contribution in [0.5, 0.6) is 11.5 Å². The first kappa shape index (κ1) is 16.0. The molecule has 23 heavy (non-hydrogen) atoms. The van der Waals surface area contributed by atoms with Crippen molar-refractivity contribution in [2.75, 3.05) is 6.61 Å². The van der Waals surface area contributed by atoms with E-state index in [1.807, 2.05) is 19.9 Å². The number of nitrogens with two attached hydrogens (primary N) is 1. The smallest absolute Gasteiger partial charge is 0.404 e. The van der Waals surface area contributed by atoms with Crippen LogP contribution in [-0.4, -0.2) is 23.4 Å². The second-order valence-corrected chi connectivity index (χ2v) is 6.60. The molecule has 1 spiro atoms. The average Bonchev–Trinajstić information content (AvgIpc) is 2.50. The van der Waals surface area contributed by atoms with Crippen LogP contribution in [0.15, 0.2) is 6.07 Å². The zero-order chi connectivity index (χ0) is 16.6. The quantitative estimate of drug-likeness (QED) is 0.893. The second kappa shape index (κ2) is 5.95. The molecule has 0 aromatic heterocycles. The molecule has 1 aliphatic carbocycles. The van der Waals surface area contributed by atoms with Gasteiger partial charge in [0, 0.05) is 17.0 Å². The summed E-state index contributed by atoms with van der Waals surface area (Å²) in [7, 11) is 0. The van der Waals surface area contributed by atoms with Gasteiger partial charge < -0.3 is 20.3 Å². The summed E-state index contributed by atoms with van der Waals surface area (Å²) in [4.78, 5) is 11.0. The number of benzene rings is 1. The number of carbonyl (C=O) groups excluding carboxylic acids is 1. The zero-order valence-corrected chi connectivity index (χ0v) is 13.9. The lowest BCUT2D eigenvalue weighted by molar-refractivity contribution is -0.0877. The predicted molar refractivity (Wildman–Crippen MR) is 86.8 cm³/mol. The van der Waals surface area contributed by atoms with E-state index in [4.69, 9.17) is 15.2 Å². The van der Waals surface area contributed by atoms with E-state index in [1.165, 1.54) is 0 Å². The van der Waals surface area contributed by atoms with Crippen molar-refractivity contribution in [2.45, 2.75) is 58.0 Å². The second-order valence-electron chi connectivity index (χ2n) is 6.60. The summed E-state index contributed by atoms with van der Waals surface area (Å²) in [5, 5.41) is 10.5. The summed E-state index contributed by atoms with van der Waals surface area (Å²) in [5.41, 5.74) is 7.83. The van der Waals surface area contributed by atoms with Crippen molar-refractivity contribution < 1.29 is 19.4 Å². The highest BCUT2D eigenvalue weighted by atomic mass is 16.5. The average molecular weight is 319 g/mol. The normalized spacial score (nSPS) is 21.2. The minimum atomic E-state index is -0.745. The van der Waals surface area contributed by atoms with Gasteiger partial charge in [-0.2, -0.15) is 0 Å². The van der Waals surface area contributed by atoms with E-state index >= 15 is 0 Å². The first-order valence-corrected chi connectivity index (χ1v) is 8.48. The topological polar surface area (TPSA) is 81.8 Å². The van der Waals surface area contributed by atoms with Crippen molar-refractivity contribution in [1.82, 2.24) is 0 Å². The fraction of sp³-hybridized carbons (Fsp3) is 0.611. The Kier molecular flexibility index (Phi) is 4.13. The summed E-state index contributed by atoms with van der Waals surface area (Å²) >= 11 is 0. The highest BCUT2D eigenvalue weighted by Crippen LogP contribution is 2.50. The number of rotatable bonds is 4. The van der Waals surface area contributed by atoms with E-state index in [1.54, 1.807) is 0 Å². The molecule has 1 unspecified atom stereocenters. The number of amides is 1. The van der Waals surface area contributed by atoms with Gasteiger partial charge in [0.1, 0.15) is 23.7 Å². The number of hydrogen-bond acceptors (Lipinski definition) is 4. The molecule has 126 valence electrons. The molecule has 5 heteroatoms. The van der Waals surface area contributed by atoms with Gasteiger partial charge in [-0.15, -0.1) is 0 Å². The third-order valence-electron chi connectivity index (χ3n) is 5.43. The molecule has 1 heterocycles. The number of fused-ring (bicyclic) bond motifs is 1. The lowest BCUT2D eigenvalue weighted by Gasteiger charge is -2.50. The van der Waals surface area contributed by atoms with Gasteiger partial charge in [-0.25, -0.2) is 4.79 Å². The first-order valence-electron chi connectivity index (χ1n) is 8.48. The standard InChI is InChI=1S/C18H25NO4/c1-3-11-8-15-14(13(4-2)16(11)20)9-12(10-22-17(19)21)18(23-15)6-5-7-18/h8,12,20H,3-7,9-10H2,1-2H3,(H2,19,21). The zero-order valence-electron chi connectivity index (χ0n) is 13.9. The summed E-state index contributed by atoms with van der Waals surface area (Å²) in [5.74, 6) is 1.37. The molecule has 0 bridgehead atoms. The summed E-state index contributed by atoms with van der Waals surface area (Å²) in [6, 6.07) is 1.98. The molecular formula is C18H25NO4. The van der Waals surface area contributed by atoms with E-state index in [-0.39, 0.29) is 18.1 Å². The minimum Gasteiger partial charge on any atom is -0.507 e. The van der Waals surface area contributed by atoms with Crippen LogP contribution in [-0.2, 0) is 24.0 Å². The van der Waals surface area contributed by atoms with E-state index in [2.05, 4.69) is 0 Å². The molecular weight excluding hydrogens is 294 g/mol. The van der Waals surface area contributed by atoms with Crippen LogP contribution in [0.25, 0.3) is 0 Å². The Morgan fingerprint density at radius 1 is 1.43 bits per heavy atom. The van der Waals surface area contributed by atoms with E-state index in [0.29, 0.717) is 5.75 Å². The summed E-state index contributed by atoms with van der Waals surface area (Å²) < 4.78 is 11.5. The Hall–Kier alpha value is -1.91. The van der Waals surface area contributed by atoms with Crippen molar-refractivity contribution >= 4 is 6.09 Å². The molecule has 1 aliphatic heterocycles. The number of primary amides is 1. The first-order chi connectivity index (χ1) is 11.0. The van der Waals surface area contributed by atoms with Gasteiger partial charge in [-0.1, -0.05) is 13.8 Å². The van der Waals surface area contributed by atoms with Crippen LogP contribution in [0.3, 0.4) is 0 Å². The molecule has 1 amide bonds. The molecule has 1 aromatic carbocycles. The van der Waals surface area contributed by atoms with Crippen molar-refractivity contribution in [1.29, 1.82) is 0 Å². The highest BCUT2D eigenvalue weighted by Gasteiger charge is 2.50. The van der Waals surface area contributed by atoms with Gasteiger partial charge in [0.2, 0.25) is 0 Å². The molecule has 2 aliphatic rings. The Morgan fingerprint density at radius 3 is 2.70 bits per heavy atom. The molecule has 1 aromatic rings. The fourth-order valence-corrected chi connectivity index (χ4v) is 3.93. The number of phenols is 1. The van der Waals surface area contributed by atoms with Crippen molar-refractivity contribution in [3.8, 4) is 11.5 Å². The maximum Gasteiger partial charge on any atom is 0.404 e. The third kappa shape index (κ3) is 2.62. The highest BCUT2D eigenvalue weighted by molar-refractivity contribution is 5.64. The lowest BCUT2D eigenvalue weighted by atomic mass is 9.67. The van der Waals surface area contributed by atoms with Crippen LogP contribution >= 0.6 is 0 Å². The van der Waals surface area contributed by atoms with Crippen LogP contribution in [0, 0.1) is 5.92 Å². The molecule has 1 atom stereocenters. The van der Waals surface area contributed by atoms with Crippen LogP contribution < -0.4 is 10.5 Å². The number of ether oxygens (including phenoxy) is 2. The van der Waals surface area contributed by atoms with Gasteiger partial charge in [-0.05, 0) is 50.2 Å². The van der Waals surface area contributed by atoms with E-state index in [9.17, 15) is 9.90 Å². The predicted octanol–water partition coefficient (Wildman–Crippen LogP) is 3.09. The number of phenolic OH excluding ortho intramolecular Hbond substituents is 1. The number of aryl methyl sites for hydroxylation is 1. The van der Waals surface area contributed by atoms with E-state index < -0.39 is 6.09 Å². The number of aromatic hydroxyl groups is 1. The third-order valence-corrected chi connectivity index (χ3v) is 5.43. The molecule has 5 nitrogen and oxygen atoms in total. The molecule has 3 rings (SSSR count). The Labute approximate surface area is 136 Å². The maximum absolute atomic E-state index is 11.0. The van der Waals surface area contributed by atoms with Crippen LogP contribution in [0.1, 0.15) is 49.8 Å². The van der Waals surface area contributed by atoms with Crippen molar-refractivity contribution in [3.05, 3.63) is 22.8 Å². The maximum atomic E-state index is 11.0. The Morgan fingerprint density at radius 2 is 2.17 bits per heavy atom. The van der Waals surface area contributed by atoms with Gasteiger partial charge in [-0.3, -0.25) is 0 Å². The number of carbonyl (C=O) groups is 1. The number of hydrogen-bond donors (Lipinski definition) is 2. The van der Waals surface area contributed by atoms with Gasteiger partial charge in [0.25, 0.3) is 0 Å². The SMILES string of the molecule is CCc1cc2c(c(CC)c1O)CC(COC(N)=O)C1(CCC1)O2. The van der Waals surface area contributed by atoms with Gasteiger partial charge in [0.05, 0.1) is 0 Å². The van der Waals surface area contributed by atoms with Crippen LogP contribution in [0.4, 0.5) is 4.79 Å². The molecule has 1 fully saturated rings. The summed E-state index contributed by atoms with van der Waals surface area (Å²) in [6.45, 7) is 4.35. The molecule has 3 N–H and O–H groups in total. The lowest BCUT2D eigenvalue weighted by Crippen LogP contribution is -2.54. The Bertz CT molecular complexity index is 622. The van der Waals surface area contributed by atoms with E-state index in [0.717, 1.165) is 61.0 Å². The van der Waals surface area contributed by atoms with Gasteiger partial charge in [0.15, 0.2) is 0 Å².